The lowest BCUT2D eigenvalue weighted by molar-refractivity contribution is -0.167. The summed E-state index contributed by atoms with van der Waals surface area (Å²) >= 11 is 0. The lowest BCUT2D eigenvalue weighted by Crippen LogP contribution is -2.30. The molecule has 6 nitrogen and oxygen atoms in total. The molecular weight excluding hydrogens is 781 g/mol. The van der Waals surface area contributed by atoms with Crippen LogP contribution in [0.15, 0.2) is 0 Å². The van der Waals surface area contributed by atoms with E-state index < -0.39 is 6.10 Å². The first-order valence-corrected chi connectivity index (χ1v) is 28.1. The van der Waals surface area contributed by atoms with Crippen LogP contribution in [0.25, 0.3) is 0 Å². The summed E-state index contributed by atoms with van der Waals surface area (Å²) in [4.78, 5) is 38.1. The maximum atomic E-state index is 12.8. The van der Waals surface area contributed by atoms with Gasteiger partial charge in [0.05, 0.1) is 0 Å². The lowest BCUT2D eigenvalue weighted by atomic mass is 10.0. The second-order valence-corrected chi connectivity index (χ2v) is 21.0. The molecule has 374 valence electrons. The summed E-state index contributed by atoms with van der Waals surface area (Å²) in [6.07, 6.45) is 49.5. The molecule has 0 aromatic carbocycles. The first kappa shape index (κ1) is 61.4. The Labute approximate surface area is 393 Å². The standard InChI is InChI=1S/C57H110O6/c1-51(2)43-37-31-25-19-14-10-8-7-9-11-16-22-28-34-40-46-55(58)61-49-54(50-62-56(59)47-41-35-29-24-18-21-27-33-39-45-53(5)6)63-57(60)48-42-36-30-23-17-13-12-15-20-26-32-38-44-52(3)4/h51-54H,7-50H2,1-6H3/t54-/m0/s1. The molecule has 0 aliphatic rings. The van der Waals surface area contributed by atoms with Crippen LogP contribution in [0, 0.1) is 17.8 Å². The summed E-state index contributed by atoms with van der Waals surface area (Å²) in [5, 5.41) is 0. The van der Waals surface area contributed by atoms with Crippen molar-refractivity contribution in [2.45, 2.75) is 317 Å². The third-order valence-electron chi connectivity index (χ3n) is 12.9. The monoisotopic (exact) mass is 891 g/mol. The number of carbonyl (C=O) groups excluding carboxylic acids is 3. The van der Waals surface area contributed by atoms with Gasteiger partial charge in [-0.25, -0.2) is 0 Å². The maximum Gasteiger partial charge on any atom is 0.306 e. The Balaban J connectivity index is 4.28. The molecule has 0 rings (SSSR count). The Kier molecular flexibility index (Phi) is 47.1. The fourth-order valence-corrected chi connectivity index (χ4v) is 8.65. The quantitative estimate of drug-likeness (QED) is 0.0344. The Morgan fingerprint density at radius 3 is 0.683 bits per heavy atom. The third kappa shape index (κ3) is 51.3. The number of ether oxygens (including phenoxy) is 3. The number of unbranched alkanes of at least 4 members (excludes halogenated alkanes) is 33. The summed E-state index contributed by atoms with van der Waals surface area (Å²) in [6, 6.07) is 0. The van der Waals surface area contributed by atoms with E-state index in [0.717, 1.165) is 75.5 Å². The van der Waals surface area contributed by atoms with Crippen LogP contribution in [0.3, 0.4) is 0 Å². The third-order valence-corrected chi connectivity index (χ3v) is 12.9. The summed E-state index contributed by atoms with van der Waals surface area (Å²) in [7, 11) is 0. The molecule has 0 heterocycles. The van der Waals surface area contributed by atoms with Crippen LogP contribution in [0.5, 0.6) is 0 Å². The van der Waals surface area contributed by atoms with E-state index in [1.54, 1.807) is 0 Å². The predicted molar refractivity (Wildman–Crippen MR) is 270 cm³/mol. The van der Waals surface area contributed by atoms with Crippen molar-refractivity contribution in [2.24, 2.45) is 17.8 Å². The molecule has 0 aliphatic heterocycles. The lowest BCUT2D eigenvalue weighted by Gasteiger charge is -2.18. The van der Waals surface area contributed by atoms with Gasteiger partial charge in [0.25, 0.3) is 0 Å². The predicted octanol–water partition coefficient (Wildman–Crippen LogP) is 18.3. The molecule has 0 N–H and O–H groups in total. The van der Waals surface area contributed by atoms with Crippen LogP contribution >= 0.6 is 0 Å². The van der Waals surface area contributed by atoms with Gasteiger partial charge in [0.2, 0.25) is 0 Å². The Hall–Kier alpha value is -1.59. The van der Waals surface area contributed by atoms with Crippen LogP contribution in [0.2, 0.25) is 0 Å². The molecule has 0 spiro atoms. The molecule has 0 saturated heterocycles. The van der Waals surface area contributed by atoms with Crippen LogP contribution in [-0.2, 0) is 28.6 Å². The molecule has 0 aliphatic carbocycles. The second-order valence-electron chi connectivity index (χ2n) is 21.0. The molecule has 0 amide bonds. The molecule has 0 radical (unpaired) electrons. The molecule has 6 heteroatoms. The fourth-order valence-electron chi connectivity index (χ4n) is 8.65. The van der Waals surface area contributed by atoms with Gasteiger partial charge in [-0.1, -0.05) is 273 Å². The number of hydrogen-bond donors (Lipinski definition) is 0. The minimum absolute atomic E-state index is 0.0639. The zero-order valence-corrected chi connectivity index (χ0v) is 43.4. The normalized spacial score (nSPS) is 12.1. The van der Waals surface area contributed by atoms with E-state index in [-0.39, 0.29) is 31.1 Å². The van der Waals surface area contributed by atoms with Crippen molar-refractivity contribution in [1.29, 1.82) is 0 Å². The smallest absolute Gasteiger partial charge is 0.306 e. The number of rotatable bonds is 50. The van der Waals surface area contributed by atoms with Gasteiger partial charge in [-0.05, 0) is 37.0 Å². The van der Waals surface area contributed by atoms with E-state index in [2.05, 4.69) is 41.5 Å². The van der Waals surface area contributed by atoms with Gasteiger partial charge in [0.1, 0.15) is 13.2 Å². The van der Waals surface area contributed by atoms with Crippen molar-refractivity contribution < 1.29 is 28.6 Å². The van der Waals surface area contributed by atoms with Gasteiger partial charge in [-0.2, -0.15) is 0 Å². The number of esters is 3. The molecule has 0 fully saturated rings. The van der Waals surface area contributed by atoms with E-state index in [0.29, 0.717) is 19.3 Å². The first-order chi connectivity index (χ1) is 30.6. The van der Waals surface area contributed by atoms with Gasteiger partial charge in [0, 0.05) is 19.3 Å². The molecule has 0 aromatic rings. The van der Waals surface area contributed by atoms with E-state index in [9.17, 15) is 14.4 Å². The Morgan fingerprint density at radius 2 is 0.460 bits per heavy atom. The molecule has 0 unspecified atom stereocenters. The molecule has 0 bridgehead atoms. The van der Waals surface area contributed by atoms with E-state index in [4.69, 9.17) is 14.2 Å². The van der Waals surface area contributed by atoms with E-state index in [1.165, 1.54) is 193 Å². The zero-order chi connectivity index (χ0) is 46.3. The minimum Gasteiger partial charge on any atom is -0.462 e. The van der Waals surface area contributed by atoms with Gasteiger partial charge in [-0.3, -0.25) is 14.4 Å². The van der Waals surface area contributed by atoms with Crippen LogP contribution in [0.4, 0.5) is 0 Å². The average Bonchev–Trinajstić information content (AvgIpc) is 3.24. The van der Waals surface area contributed by atoms with Gasteiger partial charge in [-0.15, -0.1) is 0 Å². The van der Waals surface area contributed by atoms with Crippen molar-refractivity contribution in [3.63, 3.8) is 0 Å². The van der Waals surface area contributed by atoms with Crippen LogP contribution in [0.1, 0.15) is 311 Å². The SMILES string of the molecule is CC(C)CCCCCCCCCCCCCCCCCC(=O)OC[C@@H](COC(=O)CCCCCCCCCCCC(C)C)OC(=O)CCCCCCCCCCCCCCC(C)C. The summed E-state index contributed by atoms with van der Waals surface area (Å²) in [5.41, 5.74) is 0. The van der Waals surface area contributed by atoms with Crippen molar-refractivity contribution in [1.82, 2.24) is 0 Å². The van der Waals surface area contributed by atoms with Crippen molar-refractivity contribution >= 4 is 17.9 Å². The number of carbonyl (C=O) groups is 3. The topological polar surface area (TPSA) is 78.9 Å². The highest BCUT2D eigenvalue weighted by molar-refractivity contribution is 5.71. The highest BCUT2D eigenvalue weighted by Gasteiger charge is 2.19. The molecule has 63 heavy (non-hydrogen) atoms. The van der Waals surface area contributed by atoms with E-state index in [1.807, 2.05) is 0 Å². The molecular formula is C57H110O6. The Morgan fingerprint density at radius 1 is 0.270 bits per heavy atom. The van der Waals surface area contributed by atoms with Crippen molar-refractivity contribution in [3.05, 3.63) is 0 Å². The number of hydrogen-bond acceptors (Lipinski definition) is 6. The molecule has 1 atom stereocenters. The van der Waals surface area contributed by atoms with Gasteiger partial charge >= 0.3 is 17.9 Å². The molecule has 0 saturated carbocycles. The summed E-state index contributed by atoms with van der Waals surface area (Å²) in [6.45, 7) is 13.7. The Bertz CT molecular complexity index is 976. The van der Waals surface area contributed by atoms with Gasteiger partial charge < -0.3 is 14.2 Å². The highest BCUT2D eigenvalue weighted by Crippen LogP contribution is 2.18. The maximum absolute atomic E-state index is 12.8. The average molecular weight is 892 g/mol. The van der Waals surface area contributed by atoms with Gasteiger partial charge in [0.15, 0.2) is 6.10 Å². The summed E-state index contributed by atoms with van der Waals surface area (Å²) in [5.74, 6) is 1.64. The second kappa shape index (κ2) is 48.3. The molecule has 0 aromatic heterocycles. The first-order valence-electron chi connectivity index (χ1n) is 28.1. The highest BCUT2D eigenvalue weighted by atomic mass is 16.6. The summed E-state index contributed by atoms with van der Waals surface area (Å²) < 4.78 is 16.9. The van der Waals surface area contributed by atoms with Crippen LogP contribution in [-0.4, -0.2) is 37.2 Å². The zero-order valence-electron chi connectivity index (χ0n) is 43.4. The fraction of sp³-hybridized carbons (Fsp3) is 0.947. The van der Waals surface area contributed by atoms with Crippen molar-refractivity contribution in [3.8, 4) is 0 Å². The van der Waals surface area contributed by atoms with Crippen LogP contribution < -0.4 is 0 Å². The minimum atomic E-state index is -0.763. The largest absolute Gasteiger partial charge is 0.462 e. The van der Waals surface area contributed by atoms with E-state index >= 15 is 0 Å². The van der Waals surface area contributed by atoms with Crippen molar-refractivity contribution in [2.75, 3.05) is 13.2 Å².